The van der Waals surface area contributed by atoms with E-state index in [1.165, 1.54) is 11.3 Å². The van der Waals surface area contributed by atoms with E-state index in [2.05, 4.69) is 26.2 Å². The van der Waals surface area contributed by atoms with Gasteiger partial charge in [-0.2, -0.15) is 0 Å². The van der Waals surface area contributed by atoms with Crippen LogP contribution in [-0.2, 0) is 0 Å². The van der Waals surface area contributed by atoms with E-state index in [0.29, 0.717) is 4.88 Å². The van der Waals surface area contributed by atoms with Crippen LogP contribution in [0.4, 0.5) is 5.69 Å². The Labute approximate surface area is 141 Å². The van der Waals surface area contributed by atoms with Crippen LogP contribution in [0.25, 0.3) is 10.6 Å². The van der Waals surface area contributed by atoms with Gasteiger partial charge >= 0.3 is 0 Å². The lowest BCUT2D eigenvalue weighted by Gasteiger charge is -2.05. The molecule has 3 rings (SSSR count). The number of nitrogens with one attached hydrogen (secondary N) is 1. The number of carbonyl (C=O) groups is 1. The normalized spacial score (nSPS) is 10.5. The fourth-order valence-corrected chi connectivity index (χ4v) is 3.40. The number of amides is 1. The first-order valence-electron chi connectivity index (χ1n) is 6.74. The number of nitrogens with zero attached hydrogens (tertiary/aromatic N) is 1. The minimum Gasteiger partial charge on any atom is -0.320 e. The highest BCUT2D eigenvalue weighted by Crippen LogP contribution is 2.29. The van der Waals surface area contributed by atoms with Crippen molar-refractivity contribution in [3.8, 4) is 10.6 Å². The summed E-state index contributed by atoms with van der Waals surface area (Å²) in [6, 6.07) is 17.4. The molecular formula is C17H13BrN2OS. The molecule has 0 aliphatic heterocycles. The highest BCUT2D eigenvalue weighted by molar-refractivity contribution is 9.10. The summed E-state index contributed by atoms with van der Waals surface area (Å²) >= 11 is 4.84. The summed E-state index contributed by atoms with van der Waals surface area (Å²) in [7, 11) is 0. The number of benzene rings is 2. The number of hydrogen-bond donors (Lipinski definition) is 1. The molecule has 0 saturated carbocycles. The van der Waals surface area contributed by atoms with Gasteiger partial charge in [-0.15, -0.1) is 11.3 Å². The van der Waals surface area contributed by atoms with E-state index in [1.807, 2.05) is 61.5 Å². The molecule has 0 bridgehead atoms. The van der Waals surface area contributed by atoms with Crippen LogP contribution in [0.2, 0.25) is 0 Å². The number of aromatic nitrogens is 1. The van der Waals surface area contributed by atoms with Crippen molar-refractivity contribution < 1.29 is 4.79 Å². The molecule has 0 saturated heterocycles. The lowest BCUT2D eigenvalue weighted by Crippen LogP contribution is -2.11. The van der Waals surface area contributed by atoms with Crippen LogP contribution in [-0.4, -0.2) is 10.9 Å². The molecule has 3 aromatic rings. The number of hydrogen-bond acceptors (Lipinski definition) is 3. The maximum atomic E-state index is 12.5. The number of thiazole rings is 1. The Morgan fingerprint density at radius 2 is 1.77 bits per heavy atom. The van der Waals surface area contributed by atoms with Crippen LogP contribution in [0.5, 0.6) is 0 Å². The molecule has 1 amide bonds. The van der Waals surface area contributed by atoms with E-state index >= 15 is 0 Å². The van der Waals surface area contributed by atoms with Gasteiger partial charge in [0.1, 0.15) is 9.88 Å². The number of halogens is 1. The second kappa shape index (κ2) is 6.42. The van der Waals surface area contributed by atoms with Crippen molar-refractivity contribution in [3.63, 3.8) is 0 Å². The van der Waals surface area contributed by atoms with Gasteiger partial charge in [-0.1, -0.05) is 42.5 Å². The fraction of sp³-hybridized carbons (Fsp3) is 0.0588. The van der Waals surface area contributed by atoms with Crippen LogP contribution in [0.3, 0.4) is 0 Å². The third kappa shape index (κ3) is 3.10. The molecule has 1 N–H and O–H groups in total. The van der Waals surface area contributed by atoms with Crippen LogP contribution in [0.1, 0.15) is 15.4 Å². The largest absolute Gasteiger partial charge is 0.320 e. The van der Waals surface area contributed by atoms with Crippen molar-refractivity contribution in [2.45, 2.75) is 6.92 Å². The summed E-state index contributed by atoms with van der Waals surface area (Å²) in [5.41, 5.74) is 2.52. The smallest absolute Gasteiger partial charge is 0.267 e. The van der Waals surface area contributed by atoms with Crippen LogP contribution >= 0.6 is 27.3 Å². The van der Waals surface area contributed by atoms with E-state index in [-0.39, 0.29) is 5.91 Å². The third-order valence-electron chi connectivity index (χ3n) is 3.15. The number of anilines is 1. The third-order valence-corrected chi connectivity index (χ3v) is 5.04. The summed E-state index contributed by atoms with van der Waals surface area (Å²) < 4.78 is 0.855. The molecule has 0 radical (unpaired) electrons. The van der Waals surface area contributed by atoms with Crippen molar-refractivity contribution in [1.82, 2.24) is 4.98 Å². The molecule has 0 fully saturated rings. The van der Waals surface area contributed by atoms with Gasteiger partial charge in [0.15, 0.2) is 0 Å². The van der Waals surface area contributed by atoms with Crippen molar-refractivity contribution in [3.05, 3.63) is 69.6 Å². The summed E-state index contributed by atoms with van der Waals surface area (Å²) in [5, 5.41) is 3.77. The molecule has 0 aliphatic carbocycles. The van der Waals surface area contributed by atoms with Crippen LogP contribution in [0.15, 0.2) is 59.1 Å². The lowest BCUT2D eigenvalue weighted by molar-refractivity contribution is 0.102. The van der Waals surface area contributed by atoms with Gasteiger partial charge in [-0.3, -0.25) is 4.79 Å². The second-order valence-electron chi connectivity index (χ2n) is 4.73. The second-order valence-corrected chi connectivity index (χ2v) is 6.59. The number of carbonyl (C=O) groups excluding carboxylic acids is 1. The molecule has 0 aliphatic rings. The highest BCUT2D eigenvalue weighted by atomic mass is 79.9. The quantitative estimate of drug-likeness (QED) is 0.691. The van der Waals surface area contributed by atoms with Gasteiger partial charge in [-0.05, 0) is 35.0 Å². The Kier molecular flexibility index (Phi) is 4.36. The molecule has 110 valence electrons. The molecule has 22 heavy (non-hydrogen) atoms. The van der Waals surface area contributed by atoms with E-state index in [4.69, 9.17) is 0 Å². The zero-order valence-corrected chi connectivity index (χ0v) is 14.2. The van der Waals surface area contributed by atoms with Gasteiger partial charge in [0.25, 0.3) is 5.91 Å². The molecule has 3 nitrogen and oxygen atoms in total. The van der Waals surface area contributed by atoms with E-state index in [9.17, 15) is 4.79 Å². The first-order chi connectivity index (χ1) is 10.6. The summed E-state index contributed by atoms with van der Waals surface area (Å²) in [5.74, 6) is -0.135. The Balaban J connectivity index is 1.88. The predicted molar refractivity (Wildman–Crippen MR) is 94.4 cm³/mol. The van der Waals surface area contributed by atoms with Gasteiger partial charge in [-0.25, -0.2) is 4.98 Å². The van der Waals surface area contributed by atoms with Crippen molar-refractivity contribution >= 4 is 38.9 Å². The maximum Gasteiger partial charge on any atom is 0.267 e. The Morgan fingerprint density at radius 1 is 1.09 bits per heavy atom. The molecule has 0 spiro atoms. The Bertz CT molecular complexity index is 815. The van der Waals surface area contributed by atoms with Crippen LogP contribution < -0.4 is 5.32 Å². The van der Waals surface area contributed by atoms with Crippen molar-refractivity contribution in [2.75, 3.05) is 5.32 Å². The first-order valence-corrected chi connectivity index (χ1v) is 8.35. The lowest BCUT2D eigenvalue weighted by atomic mass is 10.2. The summed E-state index contributed by atoms with van der Waals surface area (Å²) in [6.07, 6.45) is 0. The topological polar surface area (TPSA) is 42.0 Å². The molecule has 0 atom stereocenters. The van der Waals surface area contributed by atoms with Gasteiger partial charge in [0.05, 0.1) is 11.4 Å². The summed E-state index contributed by atoms with van der Waals surface area (Å²) in [4.78, 5) is 17.6. The van der Waals surface area contributed by atoms with Gasteiger partial charge in [0, 0.05) is 10.0 Å². The Hall–Kier alpha value is -1.98. The SMILES string of the molecule is Cc1nc(-c2ccccc2)sc1C(=O)Nc1ccccc1Br. The van der Waals surface area contributed by atoms with E-state index in [1.54, 1.807) is 0 Å². The zero-order chi connectivity index (χ0) is 15.5. The first kappa shape index (κ1) is 14.9. The molecule has 5 heteroatoms. The van der Waals surface area contributed by atoms with Gasteiger partial charge in [0.2, 0.25) is 0 Å². The minimum atomic E-state index is -0.135. The highest BCUT2D eigenvalue weighted by Gasteiger charge is 2.16. The average Bonchev–Trinajstić information content (AvgIpc) is 2.92. The number of aryl methyl sites for hydroxylation is 1. The minimum absolute atomic E-state index is 0.135. The average molecular weight is 373 g/mol. The molecule has 1 aromatic heterocycles. The van der Waals surface area contributed by atoms with Crippen LogP contribution in [0, 0.1) is 6.92 Å². The number of para-hydroxylation sites is 1. The Morgan fingerprint density at radius 3 is 2.50 bits per heavy atom. The monoisotopic (exact) mass is 372 g/mol. The van der Waals surface area contributed by atoms with Crippen molar-refractivity contribution in [2.24, 2.45) is 0 Å². The molecule has 1 heterocycles. The fourth-order valence-electron chi connectivity index (χ4n) is 2.05. The van der Waals surface area contributed by atoms with E-state index in [0.717, 1.165) is 26.4 Å². The van der Waals surface area contributed by atoms with Crippen molar-refractivity contribution in [1.29, 1.82) is 0 Å². The number of rotatable bonds is 3. The standard InChI is InChI=1S/C17H13BrN2OS/c1-11-15(16(21)20-14-10-6-5-9-13(14)18)22-17(19-11)12-7-3-2-4-8-12/h2-10H,1H3,(H,20,21). The van der Waals surface area contributed by atoms with Gasteiger partial charge < -0.3 is 5.32 Å². The molecule has 2 aromatic carbocycles. The summed E-state index contributed by atoms with van der Waals surface area (Å²) in [6.45, 7) is 1.86. The van der Waals surface area contributed by atoms with E-state index < -0.39 is 0 Å². The maximum absolute atomic E-state index is 12.5. The predicted octanol–water partition coefficient (Wildman–Crippen LogP) is 5.13. The molecular weight excluding hydrogens is 360 g/mol. The molecule has 0 unspecified atom stereocenters. The zero-order valence-electron chi connectivity index (χ0n) is 11.8.